The maximum absolute atomic E-state index is 11.7. The summed E-state index contributed by atoms with van der Waals surface area (Å²) < 4.78 is 27.1. The quantitative estimate of drug-likeness (QED) is 0.600. The number of carbonyl (C=O) groups is 1. The molecule has 2 aromatic rings. The molecule has 0 bridgehead atoms. The van der Waals surface area contributed by atoms with Crippen molar-refractivity contribution in [2.45, 2.75) is 58.6 Å². The molecule has 2 saturated heterocycles. The van der Waals surface area contributed by atoms with E-state index < -0.39 is 17.5 Å². The number of likely N-dealkylation sites (tertiary alicyclic amines) is 1. The molecule has 186 valence electrons. The van der Waals surface area contributed by atoms with Gasteiger partial charge in [-0.1, -0.05) is 32.9 Å². The number of amides is 1. The van der Waals surface area contributed by atoms with E-state index in [1.807, 2.05) is 29.6 Å². The predicted molar refractivity (Wildman–Crippen MR) is 130 cm³/mol. The molecular weight excluding hydrogens is 476 g/mol. The lowest BCUT2D eigenvalue weighted by Crippen LogP contribution is -2.51. The third-order valence-corrected chi connectivity index (χ3v) is 8.11. The zero-order chi connectivity index (χ0) is 24.3. The van der Waals surface area contributed by atoms with E-state index in [-0.39, 0.29) is 23.3 Å². The molecule has 1 aromatic carbocycles. The number of piperidine rings is 1. The van der Waals surface area contributed by atoms with Crippen LogP contribution in [0.3, 0.4) is 0 Å². The van der Waals surface area contributed by atoms with Crippen LogP contribution in [0.2, 0.25) is 0 Å². The lowest BCUT2D eigenvalue weighted by molar-refractivity contribution is 0.0525. The second-order valence-electron chi connectivity index (χ2n) is 10.0. The maximum Gasteiger partial charge on any atom is 0.407 e. The Kier molecular flexibility index (Phi) is 7.91. The third kappa shape index (κ3) is 6.35. The van der Waals surface area contributed by atoms with Gasteiger partial charge in [0.2, 0.25) is 0 Å². The van der Waals surface area contributed by atoms with Crippen LogP contribution in [0.15, 0.2) is 29.6 Å². The maximum atomic E-state index is 11.7. The van der Waals surface area contributed by atoms with Crippen molar-refractivity contribution in [2.75, 3.05) is 19.8 Å². The van der Waals surface area contributed by atoms with Gasteiger partial charge in [-0.15, -0.1) is 11.3 Å². The topological polar surface area (TPSA) is 98.2 Å². The van der Waals surface area contributed by atoms with Crippen LogP contribution in [0.25, 0.3) is 0 Å². The molecule has 2 fully saturated rings. The molecule has 0 aliphatic carbocycles. The van der Waals surface area contributed by atoms with Gasteiger partial charge in [-0.05, 0) is 42.4 Å². The van der Waals surface area contributed by atoms with Crippen LogP contribution >= 0.6 is 11.3 Å². The molecule has 0 radical (unpaired) electrons. The summed E-state index contributed by atoms with van der Waals surface area (Å²) in [5, 5.41) is 12.7. The van der Waals surface area contributed by atoms with Crippen LogP contribution in [0.4, 0.5) is 4.79 Å². The average Bonchev–Trinajstić information content (AvgIpc) is 3.28. The zero-order valence-electron chi connectivity index (χ0n) is 19.8. The Hall–Kier alpha value is -2.01. The normalized spacial score (nSPS) is 25.8. The number of ether oxygens (including phenoxy) is 1. The van der Waals surface area contributed by atoms with Gasteiger partial charge in [0, 0.05) is 29.8 Å². The fraction of sp³-hybridized carbons (Fsp3) is 0.583. The number of nitrogens with zero attached hydrogens (tertiary/aromatic N) is 2. The van der Waals surface area contributed by atoms with E-state index in [1.54, 1.807) is 16.2 Å². The van der Waals surface area contributed by atoms with E-state index in [0.717, 1.165) is 41.3 Å². The Balaban J connectivity index is 1.30. The van der Waals surface area contributed by atoms with Gasteiger partial charge < -0.3 is 14.7 Å². The van der Waals surface area contributed by atoms with Gasteiger partial charge in [-0.2, -0.15) is 4.21 Å². The first-order chi connectivity index (χ1) is 16.2. The van der Waals surface area contributed by atoms with E-state index in [1.165, 1.54) is 0 Å². The van der Waals surface area contributed by atoms with Gasteiger partial charge in [-0.3, -0.25) is 8.37 Å². The molecule has 8 nitrogen and oxygen atoms in total. The number of hydrogen-bond acceptors (Lipinski definition) is 7. The Morgan fingerprint density at radius 2 is 1.97 bits per heavy atom. The third-order valence-electron chi connectivity index (χ3n) is 6.40. The van der Waals surface area contributed by atoms with Gasteiger partial charge in [0.05, 0.1) is 23.9 Å². The van der Waals surface area contributed by atoms with Crippen LogP contribution in [0.5, 0.6) is 5.75 Å². The Morgan fingerprint density at radius 3 is 2.62 bits per heavy atom. The minimum Gasteiger partial charge on any atom is -0.487 e. The summed E-state index contributed by atoms with van der Waals surface area (Å²) >= 11 is 0.0291. The Morgan fingerprint density at radius 1 is 1.26 bits per heavy atom. The van der Waals surface area contributed by atoms with Crippen LogP contribution in [-0.2, 0) is 32.8 Å². The molecular formula is C24H32N2O6S2. The summed E-state index contributed by atoms with van der Waals surface area (Å²) in [5.74, 6) is 1.24. The number of aromatic nitrogens is 1. The van der Waals surface area contributed by atoms with Crippen molar-refractivity contribution < 1.29 is 27.2 Å². The van der Waals surface area contributed by atoms with E-state index in [4.69, 9.17) is 18.1 Å². The number of benzene rings is 1. The van der Waals surface area contributed by atoms with E-state index in [0.29, 0.717) is 26.4 Å². The summed E-state index contributed by atoms with van der Waals surface area (Å²) in [6.07, 6.45) is 1.54. The minimum absolute atomic E-state index is 0.0280. The molecule has 3 heterocycles. The molecule has 2 atom stereocenters. The van der Waals surface area contributed by atoms with Crippen molar-refractivity contribution in [1.82, 2.24) is 9.88 Å². The van der Waals surface area contributed by atoms with Gasteiger partial charge in [-0.25, -0.2) is 9.78 Å². The van der Waals surface area contributed by atoms with Crippen molar-refractivity contribution in [3.8, 4) is 5.75 Å². The molecule has 2 aliphatic heterocycles. The molecule has 1 aromatic heterocycles. The van der Waals surface area contributed by atoms with Gasteiger partial charge >= 0.3 is 17.5 Å². The Labute approximate surface area is 207 Å². The van der Waals surface area contributed by atoms with Crippen LogP contribution in [0.1, 0.15) is 55.8 Å². The summed E-state index contributed by atoms with van der Waals surface area (Å²) in [5.41, 5.74) is 1.92. The molecule has 10 heteroatoms. The highest BCUT2D eigenvalue weighted by molar-refractivity contribution is 7.75. The highest BCUT2D eigenvalue weighted by Gasteiger charge is 2.39. The molecule has 1 N–H and O–H groups in total. The smallest absolute Gasteiger partial charge is 0.407 e. The van der Waals surface area contributed by atoms with E-state index >= 15 is 0 Å². The number of hydrogen-bond donors (Lipinski definition) is 1. The SMILES string of the molecule is CC(C)(C)[C@H]1C[C@H](c2nc(COc3ccc(CC4COS(=O)OC4)cc3)cs2)CCN1C(=O)O. The number of carboxylic acid groups (broad SMARTS) is 1. The first kappa shape index (κ1) is 25.1. The minimum atomic E-state index is -1.60. The molecule has 1 amide bonds. The number of rotatable bonds is 6. The summed E-state index contributed by atoms with van der Waals surface area (Å²) in [4.78, 5) is 18.1. The fourth-order valence-electron chi connectivity index (χ4n) is 4.53. The predicted octanol–water partition coefficient (Wildman–Crippen LogP) is 4.78. The van der Waals surface area contributed by atoms with Crippen molar-refractivity contribution in [3.63, 3.8) is 0 Å². The largest absolute Gasteiger partial charge is 0.487 e. The average molecular weight is 509 g/mol. The standard InChI is InChI=1S/C24H32N2O6S2/c1-24(2,3)21-11-18(8-9-26(21)23(27)28)22-25-19(15-33-22)14-30-20-6-4-16(5-7-20)10-17-12-31-34(29)32-13-17/h4-7,15,17-18,21H,8-14H2,1-3H3,(H,27,28)/t17?,18-,21-,34?/m1/s1. The molecule has 0 spiro atoms. The first-order valence-corrected chi connectivity index (χ1v) is 13.4. The van der Waals surface area contributed by atoms with Crippen molar-refractivity contribution >= 4 is 28.8 Å². The summed E-state index contributed by atoms with van der Waals surface area (Å²) in [6.45, 7) is 8.09. The second kappa shape index (κ2) is 10.7. The molecule has 4 rings (SSSR count). The van der Waals surface area contributed by atoms with E-state index in [9.17, 15) is 14.1 Å². The van der Waals surface area contributed by atoms with Crippen LogP contribution < -0.4 is 4.74 Å². The molecule has 2 aliphatic rings. The summed E-state index contributed by atoms with van der Waals surface area (Å²) in [6, 6.07) is 7.91. The van der Waals surface area contributed by atoms with Crippen LogP contribution in [0, 0.1) is 11.3 Å². The second-order valence-corrected chi connectivity index (χ2v) is 11.8. The lowest BCUT2D eigenvalue weighted by Gasteiger charge is -2.44. The molecule has 0 unspecified atom stereocenters. The lowest BCUT2D eigenvalue weighted by atomic mass is 9.77. The zero-order valence-corrected chi connectivity index (χ0v) is 21.4. The Bertz CT molecular complexity index is 994. The highest BCUT2D eigenvalue weighted by atomic mass is 32.2. The molecule has 34 heavy (non-hydrogen) atoms. The first-order valence-electron chi connectivity index (χ1n) is 11.5. The van der Waals surface area contributed by atoms with Gasteiger partial charge in [0.15, 0.2) is 0 Å². The van der Waals surface area contributed by atoms with Crippen molar-refractivity contribution in [3.05, 3.63) is 45.9 Å². The van der Waals surface area contributed by atoms with Crippen molar-refractivity contribution in [1.29, 1.82) is 0 Å². The molecule has 0 saturated carbocycles. The number of thiazole rings is 1. The monoisotopic (exact) mass is 508 g/mol. The summed E-state index contributed by atoms with van der Waals surface area (Å²) in [7, 11) is 0. The highest BCUT2D eigenvalue weighted by Crippen LogP contribution is 2.40. The van der Waals surface area contributed by atoms with Crippen molar-refractivity contribution in [2.24, 2.45) is 11.3 Å². The fourth-order valence-corrected chi connectivity index (χ4v) is 6.16. The van der Waals surface area contributed by atoms with E-state index in [2.05, 4.69) is 20.8 Å². The van der Waals surface area contributed by atoms with Gasteiger partial charge in [0.1, 0.15) is 12.4 Å². The van der Waals surface area contributed by atoms with Gasteiger partial charge in [0.25, 0.3) is 0 Å². The van der Waals surface area contributed by atoms with Crippen LogP contribution in [-0.4, -0.2) is 51.1 Å².